The molecule has 1 aliphatic heterocycles. The number of benzene rings is 1. The molecule has 124 valence electrons. The van der Waals surface area contributed by atoms with E-state index in [1.54, 1.807) is 0 Å². The first kappa shape index (κ1) is 17.3. The van der Waals surface area contributed by atoms with Gasteiger partial charge in [0, 0.05) is 0 Å². The molecule has 0 radical (unpaired) electrons. The van der Waals surface area contributed by atoms with Gasteiger partial charge in [0.2, 0.25) is 0 Å². The predicted molar refractivity (Wildman–Crippen MR) is 92.5 cm³/mol. The Morgan fingerprint density at radius 1 is 1.14 bits per heavy atom. The fraction of sp³-hybridized carbons (Fsp3) is 0.700. The van der Waals surface area contributed by atoms with Gasteiger partial charge in [0.15, 0.2) is 0 Å². The van der Waals surface area contributed by atoms with Crippen molar-refractivity contribution in [2.45, 2.75) is 77.9 Å². The van der Waals surface area contributed by atoms with Crippen LogP contribution in [-0.2, 0) is 11.2 Å². The third kappa shape index (κ3) is 4.74. The van der Waals surface area contributed by atoms with E-state index in [9.17, 15) is 0 Å². The van der Waals surface area contributed by atoms with Crippen LogP contribution >= 0.6 is 0 Å². The van der Waals surface area contributed by atoms with Crippen molar-refractivity contribution in [3.63, 3.8) is 0 Å². The molecule has 0 aliphatic carbocycles. The minimum absolute atomic E-state index is 0.176. The number of epoxide rings is 1. The van der Waals surface area contributed by atoms with Gasteiger partial charge >= 0.3 is 0 Å². The normalized spacial score (nSPS) is 25.0. The lowest BCUT2D eigenvalue weighted by Gasteiger charge is -2.15. The van der Waals surface area contributed by atoms with Crippen molar-refractivity contribution in [1.82, 2.24) is 0 Å². The molecule has 1 aliphatic rings. The third-order valence-corrected chi connectivity index (χ3v) is 5.28. The first-order valence-corrected chi connectivity index (χ1v) is 9.00. The zero-order chi connectivity index (χ0) is 16.0. The molecule has 0 amide bonds. The summed E-state index contributed by atoms with van der Waals surface area (Å²) in [7, 11) is 0. The van der Waals surface area contributed by atoms with Crippen LogP contribution in [0.3, 0.4) is 0 Å². The van der Waals surface area contributed by atoms with Crippen molar-refractivity contribution in [1.29, 1.82) is 0 Å². The van der Waals surface area contributed by atoms with Crippen LogP contribution in [0.2, 0.25) is 0 Å². The Bertz CT molecular complexity index is 440. The minimum Gasteiger partial charge on any atom is -0.494 e. The Balaban J connectivity index is 1.65. The van der Waals surface area contributed by atoms with Gasteiger partial charge in [-0.2, -0.15) is 0 Å². The van der Waals surface area contributed by atoms with Gasteiger partial charge in [0.25, 0.3) is 0 Å². The Morgan fingerprint density at radius 3 is 2.41 bits per heavy atom. The van der Waals surface area contributed by atoms with Gasteiger partial charge < -0.3 is 9.47 Å². The molecule has 0 unspecified atom stereocenters. The van der Waals surface area contributed by atoms with E-state index in [0.29, 0.717) is 6.10 Å². The smallest absolute Gasteiger partial charge is 0.119 e. The molecule has 22 heavy (non-hydrogen) atoms. The summed E-state index contributed by atoms with van der Waals surface area (Å²) < 4.78 is 11.7. The summed E-state index contributed by atoms with van der Waals surface area (Å²) in [5.41, 5.74) is 1.54. The zero-order valence-corrected chi connectivity index (χ0v) is 14.7. The highest BCUT2D eigenvalue weighted by Gasteiger charge is 2.49. The molecule has 2 nitrogen and oxygen atoms in total. The maximum absolute atomic E-state index is 5.89. The van der Waals surface area contributed by atoms with Crippen LogP contribution in [0.15, 0.2) is 24.3 Å². The monoisotopic (exact) mass is 304 g/mol. The van der Waals surface area contributed by atoms with Crippen molar-refractivity contribution in [3.05, 3.63) is 29.8 Å². The average molecular weight is 304 g/mol. The number of hydrogen-bond acceptors (Lipinski definition) is 2. The van der Waals surface area contributed by atoms with Crippen molar-refractivity contribution in [2.24, 2.45) is 5.92 Å². The zero-order valence-electron chi connectivity index (χ0n) is 14.7. The van der Waals surface area contributed by atoms with Crippen LogP contribution in [0.1, 0.15) is 65.4 Å². The van der Waals surface area contributed by atoms with E-state index < -0.39 is 0 Å². The van der Waals surface area contributed by atoms with Crippen molar-refractivity contribution in [3.8, 4) is 5.75 Å². The van der Waals surface area contributed by atoms with Crippen LogP contribution in [0.4, 0.5) is 0 Å². The average Bonchev–Trinajstić information content (AvgIpc) is 3.22. The summed E-state index contributed by atoms with van der Waals surface area (Å²) in [5, 5.41) is 0. The quantitative estimate of drug-likeness (QED) is 0.540. The molecule has 0 aromatic heterocycles. The molecule has 0 N–H and O–H groups in total. The fourth-order valence-electron chi connectivity index (χ4n) is 3.07. The SMILES string of the molecule is CCc1ccc(OCC[C@H](CC)CC[C@H]2O[C@@]2(C)CC)cc1. The standard InChI is InChI=1S/C20H32O2/c1-5-16-8-11-18(12-9-16)21-15-14-17(6-2)10-13-19-20(4,7-3)22-19/h8-9,11-12,17,19H,5-7,10,13-15H2,1-4H3/t17-,19-,20+/m1/s1. The number of aryl methyl sites for hydroxylation is 1. The third-order valence-electron chi connectivity index (χ3n) is 5.28. The van der Waals surface area contributed by atoms with Crippen LogP contribution in [0, 0.1) is 5.92 Å². The fourth-order valence-corrected chi connectivity index (χ4v) is 3.07. The summed E-state index contributed by atoms with van der Waals surface area (Å²) in [5.74, 6) is 1.75. The summed E-state index contributed by atoms with van der Waals surface area (Å²) in [6.45, 7) is 9.74. The summed E-state index contributed by atoms with van der Waals surface area (Å²) >= 11 is 0. The Kier molecular flexibility index (Phi) is 6.31. The van der Waals surface area contributed by atoms with Crippen LogP contribution in [0.25, 0.3) is 0 Å². The molecule has 1 fully saturated rings. The van der Waals surface area contributed by atoms with Crippen molar-refractivity contribution < 1.29 is 9.47 Å². The van der Waals surface area contributed by atoms with E-state index in [1.165, 1.54) is 24.8 Å². The van der Waals surface area contributed by atoms with Gasteiger partial charge in [-0.25, -0.2) is 0 Å². The second-order valence-electron chi connectivity index (χ2n) is 6.76. The second-order valence-corrected chi connectivity index (χ2v) is 6.76. The first-order valence-electron chi connectivity index (χ1n) is 9.00. The Morgan fingerprint density at radius 2 is 1.86 bits per heavy atom. The minimum atomic E-state index is 0.176. The number of hydrogen-bond donors (Lipinski definition) is 0. The topological polar surface area (TPSA) is 21.8 Å². The van der Waals surface area contributed by atoms with Crippen LogP contribution < -0.4 is 4.74 Å². The predicted octanol–water partition coefficient (Wildman–Crippen LogP) is 5.39. The molecular weight excluding hydrogens is 272 g/mol. The van der Waals surface area contributed by atoms with Crippen molar-refractivity contribution >= 4 is 0 Å². The van der Waals surface area contributed by atoms with Gasteiger partial charge in [-0.1, -0.05) is 39.3 Å². The van der Waals surface area contributed by atoms with E-state index in [2.05, 4.69) is 52.0 Å². The Hall–Kier alpha value is -1.02. The molecule has 1 heterocycles. The molecule has 2 heteroatoms. The number of ether oxygens (including phenoxy) is 2. The van der Waals surface area contributed by atoms with Crippen LogP contribution in [0.5, 0.6) is 5.75 Å². The van der Waals surface area contributed by atoms with E-state index in [4.69, 9.17) is 9.47 Å². The molecule has 1 saturated heterocycles. The molecule has 3 atom stereocenters. The molecule has 1 aromatic carbocycles. The lowest BCUT2D eigenvalue weighted by Crippen LogP contribution is -2.11. The number of rotatable bonds is 10. The van der Waals surface area contributed by atoms with Gasteiger partial charge in [-0.05, 0) is 62.6 Å². The lowest BCUT2D eigenvalue weighted by molar-refractivity contribution is 0.259. The van der Waals surface area contributed by atoms with Gasteiger partial charge in [0.1, 0.15) is 5.75 Å². The van der Waals surface area contributed by atoms with Gasteiger partial charge in [-0.15, -0.1) is 0 Å². The van der Waals surface area contributed by atoms with Crippen LogP contribution in [-0.4, -0.2) is 18.3 Å². The lowest BCUT2D eigenvalue weighted by atomic mass is 9.93. The van der Waals surface area contributed by atoms with Crippen molar-refractivity contribution in [2.75, 3.05) is 6.61 Å². The largest absolute Gasteiger partial charge is 0.494 e. The highest BCUT2D eigenvalue weighted by Crippen LogP contribution is 2.42. The van der Waals surface area contributed by atoms with E-state index in [1.807, 2.05) is 0 Å². The molecule has 0 saturated carbocycles. The van der Waals surface area contributed by atoms with E-state index in [0.717, 1.165) is 37.5 Å². The highest BCUT2D eigenvalue weighted by atomic mass is 16.6. The molecule has 0 bridgehead atoms. The molecule has 0 spiro atoms. The Labute approximate surface area is 136 Å². The van der Waals surface area contributed by atoms with Gasteiger partial charge in [0.05, 0.1) is 18.3 Å². The maximum atomic E-state index is 5.89. The maximum Gasteiger partial charge on any atom is 0.119 e. The molecule has 1 aromatic rings. The molecule has 2 rings (SSSR count). The highest BCUT2D eigenvalue weighted by molar-refractivity contribution is 5.27. The van der Waals surface area contributed by atoms with E-state index >= 15 is 0 Å². The summed E-state index contributed by atoms with van der Waals surface area (Å²) in [6.07, 6.45) is 7.54. The summed E-state index contributed by atoms with van der Waals surface area (Å²) in [4.78, 5) is 0. The second kappa shape index (κ2) is 8.01. The van der Waals surface area contributed by atoms with E-state index in [-0.39, 0.29) is 5.60 Å². The molecular formula is C20H32O2. The van der Waals surface area contributed by atoms with Gasteiger partial charge in [-0.3, -0.25) is 0 Å². The summed E-state index contributed by atoms with van der Waals surface area (Å²) in [6, 6.07) is 8.49. The first-order chi connectivity index (χ1) is 10.6.